The zero-order valence-corrected chi connectivity index (χ0v) is 10.1. The van der Waals surface area contributed by atoms with Gasteiger partial charge in [0.1, 0.15) is 6.04 Å². The first kappa shape index (κ1) is 13.4. The molecule has 1 rings (SSSR count). The topological polar surface area (TPSA) is 84.9 Å². The van der Waals surface area contributed by atoms with E-state index in [4.69, 9.17) is 4.74 Å². The Balaban J connectivity index is 2.76. The summed E-state index contributed by atoms with van der Waals surface area (Å²) in [6.07, 6.45) is 1.11. The van der Waals surface area contributed by atoms with E-state index in [1.54, 1.807) is 6.92 Å². The number of carbonyl (C=O) groups is 1. The van der Waals surface area contributed by atoms with Crippen molar-refractivity contribution in [3.05, 3.63) is 0 Å². The zero-order valence-electron chi connectivity index (χ0n) is 9.30. The van der Waals surface area contributed by atoms with E-state index in [1.165, 1.54) is 7.11 Å². The standard InChI is InChI=1S/C8H16N2O5S/c1-3-15-8(11)7-5-4-6-10(7)16(12,13)9-14-2/h7,9H,3-6H2,1-2H3. The number of ether oxygens (including phenoxy) is 1. The minimum atomic E-state index is -3.76. The first-order chi connectivity index (χ1) is 7.53. The first-order valence-electron chi connectivity index (χ1n) is 5.01. The third-order valence-corrected chi connectivity index (χ3v) is 3.69. The second-order valence-electron chi connectivity index (χ2n) is 3.31. The number of esters is 1. The molecule has 0 bridgehead atoms. The van der Waals surface area contributed by atoms with Crippen LogP contribution in [0.3, 0.4) is 0 Å². The highest BCUT2D eigenvalue weighted by molar-refractivity contribution is 7.87. The van der Waals surface area contributed by atoms with Crippen molar-refractivity contribution in [2.75, 3.05) is 20.3 Å². The maximum absolute atomic E-state index is 11.6. The predicted octanol–water partition coefficient (Wildman–Crippen LogP) is -0.590. The van der Waals surface area contributed by atoms with E-state index in [1.807, 2.05) is 4.89 Å². The Morgan fingerprint density at radius 3 is 2.81 bits per heavy atom. The average molecular weight is 252 g/mol. The highest BCUT2D eigenvalue weighted by Gasteiger charge is 2.39. The second-order valence-corrected chi connectivity index (χ2v) is 4.90. The molecule has 1 fully saturated rings. The van der Waals surface area contributed by atoms with Gasteiger partial charge in [0.25, 0.3) is 0 Å². The van der Waals surface area contributed by atoms with Gasteiger partial charge in [-0.3, -0.25) is 9.63 Å². The largest absolute Gasteiger partial charge is 0.465 e. The summed E-state index contributed by atoms with van der Waals surface area (Å²) in [6.45, 7) is 2.21. The zero-order chi connectivity index (χ0) is 12.2. The van der Waals surface area contributed by atoms with Crippen molar-refractivity contribution in [2.45, 2.75) is 25.8 Å². The molecule has 0 radical (unpaired) electrons. The third kappa shape index (κ3) is 2.91. The fourth-order valence-corrected chi connectivity index (χ4v) is 2.86. The van der Waals surface area contributed by atoms with Crippen LogP contribution in [0.4, 0.5) is 0 Å². The van der Waals surface area contributed by atoms with Crippen molar-refractivity contribution in [3.8, 4) is 0 Å². The second kappa shape index (κ2) is 5.58. The lowest BCUT2D eigenvalue weighted by atomic mass is 10.2. The van der Waals surface area contributed by atoms with Crippen LogP contribution in [0.25, 0.3) is 0 Å². The summed E-state index contributed by atoms with van der Waals surface area (Å²) in [5, 5.41) is 0. The minimum Gasteiger partial charge on any atom is -0.465 e. The van der Waals surface area contributed by atoms with Gasteiger partial charge >= 0.3 is 16.2 Å². The molecule has 8 heteroatoms. The first-order valence-corrected chi connectivity index (χ1v) is 6.45. The monoisotopic (exact) mass is 252 g/mol. The van der Waals surface area contributed by atoms with E-state index < -0.39 is 22.2 Å². The average Bonchev–Trinajstić information content (AvgIpc) is 2.66. The molecule has 0 aromatic heterocycles. The van der Waals surface area contributed by atoms with Gasteiger partial charge in [-0.1, -0.05) is 4.89 Å². The molecule has 0 spiro atoms. The highest BCUT2D eigenvalue weighted by Crippen LogP contribution is 2.21. The van der Waals surface area contributed by atoms with E-state index in [2.05, 4.69) is 4.84 Å². The number of carbonyl (C=O) groups excluding carboxylic acids is 1. The molecule has 7 nitrogen and oxygen atoms in total. The Hall–Kier alpha value is -0.700. The van der Waals surface area contributed by atoms with Gasteiger partial charge in [-0.25, -0.2) is 0 Å². The van der Waals surface area contributed by atoms with Crippen molar-refractivity contribution in [1.29, 1.82) is 0 Å². The van der Waals surface area contributed by atoms with Gasteiger partial charge in [-0.05, 0) is 19.8 Å². The molecule has 0 aliphatic carbocycles. The smallest absolute Gasteiger partial charge is 0.324 e. The Morgan fingerprint density at radius 1 is 1.56 bits per heavy atom. The molecular formula is C8H16N2O5S. The molecular weight excluding hydrogens is 236 g/mol. The van der Waals surface area contributed by atoms with Crippen LogP contribution in [0.5, 0.6) is 0 Å². The van der Waals surface area contributed by atoms with Gasteiger partial charge in [0.15, 0.2) is 0 Å². The van der Waals surface area contributed by atoms with Crippen LogP contribution >= 0.6 is 0 Å². The lowest BCUT2D eigenvalue weighted by Crippen LogP contribution is -2.46. The van der Waals surface area contributed by atoms with E-state index in [0.29, 0.717) is 19.4 Å². The fourth-order valence-electron chi connectivity index (χ4n) is 1.66. The summed E-state index contributed by atoms with van der Waals surface area (Å²) >= 11 is 0. The van der Waals surface area contributed by atoms with Crippen LogP contribution in [-0.4, -0.2) is 45.0 Å². The molecule has 94 valence electrons. The quantitative estimate of drug-likeness (QED) is 0.522. The molecule has 0 amide bonds. The highest BCUT2D eigenvalue weighted by atomic mass is 32.2. The molecule has 1 unspecified atom stereocenters. The fraction of sp³-hybridized carbons (Fsp3) is 0.875. The van der Waals surface area contributed by atoms with Gasteiger partial charge in [-0.2, -0.15) is 12.7 Å². The molecule has 1 saturated heterocycles. The predicted molar refractivity (Wildman–Crippen MR) is 55.4 cm³/mol. The van der Waals surface area contributed by atoms with E-state index in [0.717, 1.165) is 4.31 Å². The molecule has 16 heavy (non-hydrogen) atoms. The summed E-state index contributed by atoms with van der Waals surface area (Å²) in [5.41, 5.74) is 0. The Labute approximate surface area is 94.8 Å². The number of hydrogen-bond donors (Lipinski definition) is 1. The van der Waals surface area contributed by atoms with Gasteiger partial charge in [0.05, 0.1) is 13.7 Å². The van der Waals surface area contributed by atoms with Crippen LogP contribution in [0, 0.1) is 0 Å². The lowest BCUT2D eigenvalue weighted by Gasteiger charge is -2.21. The van der Waals surface area contributed by atoms with Crippen molar-refractivity contribution >= 4 is 16.2 Å². The summed E-state index contributed by atoms with van der Waals surface area (Å²) in [6, 6.07) is -0.743. The van der Waals surface area contributed by atoms with Crippen molar-refractivity contribution < 1.29 is 22.8 Å². The van der Waals surface area contributed by atoms with Crippen LogP contribution in [0.15, 0.2) is 0 Å². The summed E-state index contributed by atoms with van der Waals surface area (Å²) in [5.74, 6) is -0.513. The number of nitrogens with zero attached hydrogens (tertiary/aromatic N) is 1. The molecule has 0 aromatic rings. The number of hydrogen-bond acceptors (Lipinski definition) is 5. The van der Waals surface area contributed by atoms with E-state index in [9.17, 15) is 13.2 Å². The van der Waals surface area contributed by atoms with Gasteiger partial charge in [0.2, 0.25) is 0 Å². The number of nitrogens with one attached hydrogen (secondary N) is 1. The Bertz CT molecular complexity index is 342. The SMILES string of the molecule is CCOC(=O)C1CCCN1S(=O)(=O)NOC. The van der Waals surface area contributed by atoms with Crippen LogP contribution < -0.4 is 4.89 Å². The normalized spacial score (nSPS) is 22.2. The van der Waals surface area contributed by atoms with Gasteiger partial charge in [-0.15, -0.1) is 0 Å². The van der Waals surface area contributed by atoms with E-state index >= 15 is 0 Å². The summed E-state index contributed by atoms with van der Waals surface area (Å²) in [7, 11) is -2.56. The van der Waals surface area contributed by atoms with Crippen molar-refractivity contribution in [3.63, 3.8) is 0 Å². The molecule has 0 aromatic carbocycles. The summed E-state index contributed by atoms with van der Waals surface area (Å²) < 4.78 is 29.1. The van der Waals surface area contributed by atoms with Crippen LogP contribution in [-0.2, 0) is 24.6 Å². The molecule has 1 aliphatic rings. The van der Waals surface area contributed by atoms with Gasteiger partial charge in [0, 0.05) is 6.54 Å². The minimum absolute atomic E-state index is 0.237. The maximum Gasteiger partial charge on any atom is 0.324 e. The lowest BCUT2D eigenvalue weighted by molar-refractivity contribution is -0.146. The Kier molecular flexibility index (Phi) is 4.66. The van der Waals surface area contributed by atoms with E-state index in [-0.39, 0.29) is 6.61 Å². The van der Waals surface area contributed by atoms with Crippen LogP contribution in [0.2, 0.25) is 0 Å². The van der Waals surface area contributed by atoms with Crippen molar-refractivity contribution in [1.82, 2.24) is 9.19 Å². The molecule has 1 heterocycles. The third-order valence-electron chi connectivity index (χ3n) is 2.26. The summed E-state index contributed by atoms with van der Waals surface area (Å²) in [4.78, 5) is 17.8. The molecule has 1 N–H and O–H groups in total. The van der Waals surface area contributed by atoms with Gasteiger partial charge < -0.3 is 4.74 Å². The molecule has 0 saturated carbocycles. The number of rotatable bonds is 5. The van der Waals surface area contributed by atoms with Crippen molar-refractivity contribution in [2.24, 2.45) is 0 Å². The van der Waals surface area contributed by atoms with Crippen LogP contribution in [0.1, 0.15) is 19.8 Å². The maximum atomic E-state index is 11.6. The molecule has 1 aliphatic heterocycles. The Morgan fingerprint density at radius 2 is 2.25 bits per heavy atom. The molecule has 1 atom stereocenters.